The molecule has 3 rings (SSSR count). The van der Waals surface area contributed by atoms with Crippen LogP contribution in [-0.2, 0) is 25.8 Å². The van der Waals surface area contributed by atoms with Gasteiger partial charge in [-0.3, -0.25) is 9.78 Å². The number of benzene rings is 1. The van der Waals surface area contributed by atoms with E-state index in [2.05, 4.69) is 4.98 Å². The number of hydrogen-bond acceptors (Lipinski definition) is 6. The Balaban J connectivity index is 1.73. The van der Waals surface area contributed by atoms with Crippen LogP contribution >= 0.6 is 0 Å². The third kappa shape index (κ3) is 6.39. The molecule has 2 aromatic rings. The lowest BCUT2D eigenvalue weighted by Crippen LogP contribution is -2.57. The highest BCUT2D eigenvalue weighted by molar-refractivity contribution is 7.93. The number of aromatic nitrogens is 1. The smallest absolute Gasteiger partial charge is 0.383 e. The number of amides is 1. The Morgan fingerprint density at radius 1 is 1.14 bits per heavy atom. The van der Waals surface area contributed by atoms with E-state index in [1.54, 1.807) is 31.4 Å². The van der Waals surface area contributed by atoms with Gasteiger partial charge in [0.15, 0.2) is 14.6 Å². The van der Waals surface area contributed by atoms with Crippen molar-refractivity contribution >= 4 is 15.7 Å². The van der Waals surface area contributed by atoms with Gasteiger partial charge in [-0.15, -0.1) is 0 Å². The third-order valence-electron chi connectivity index (χ3n) is 6.45. The molecule has 0 spiro atoms. The SMILES string of the molecule is COCCN1CCC(C(N)=O)(S(=O)(=O)c2ccc(-c3ccc(CCCC(F)(F)F)cn3)cc2)CC1. The van der Waals surface area contributed by atoms with E-state index >= 15 is 0 Å². The zero-order valence-electron chi connectivity index (χ0n) is 19.6. The van der Waals surface area contributed by atoms with Gasteiger partial charge in [-0.25, -0.2) is 8.42 Å². The lowest BCUT2D eigenvalue weighted by atomic mass is 9.95. The number of nitrogens with two attached hydrogens (primary N) is 1. The van der Waals surface area contributed by atoms with Crippen LogP contribution in [0.4, 0.5) is 13.2 Å². The molecule has 2 N–H and O–H groups in total. The summed E-state index contributed by atoms with van der Waals surface area (Å²) in [5.41, 5.74) is 7.53. The van der Waals surface area contributed by atoms with E-state index in [1.165, 1.54) is 18.3 Å². The minimum Gasteiger partial charge on any atom is -0.383 e. The molecule has 1 aliphatic rings. The Morgan fingerprint density at radius 2 is 1.80 bits per heavy atom. The number of hydrogen-bond donors (Lipinski definition) is 1. The van der Waals surface area contributed by atoms with Gasteiger partial charge in [0.1, 0.15) is 0 Å². The number of likely N-dealkylation sites (tertiary alicyclic amines) is 1. The maximum Gasteiger partial charge on any atom is 0.389 e. The van der Waals surface area contributed by atoms with E-state index in [0.717, 1.165) is 0 Å². The van der Waals surface area contributed by atoms with Gasteiger partial charge in [0.2, 0.25) is 5.91 Å². The summed E-state index contributed by atoms with van der Waals surface area (Å²) in [7, 11) is -2.45. The van der Waals surface area contributed by atoms with Crippen molar-refractivity contribution in [3.8, 4) is 11.3 Å². The van der Waals surface area contributed by atoms with Crippen molar-refractivity contribution in [2.24, 2.45) is 5.73 Å². The Morgan fingerprint density at radius 3 is 2.31 bits per heavy atom. The second kappa shape index (κ2) is 11.0. The average Bonchev–Trinajstić information content (AvgIpc) is 2.82. The van der Waals surface area contributed by atoms with Gasteiger partial charge in [0.05, 0.1) is 17.2 Å². The molecule has 35 heavy (non-hydrogen) atoms. The molecule has 1 amide bonds. The minimum atomic E-state index is -4.18. The molecule has 2 heterocycles. The van der Waals surface area contributed by atoms with E-state index < -0.39 is 33.1 Å². The molecule has 7 nitrogen and oxygen atoms in total. The lowest BCUT2D eigenvalue weighted by Gasteiger charge is -2.38. The van der Waals surface area contributed by atoms with Crippen LogP contribution in [0.2, 0.25) is 0 Å². The first-order valence-corrected chi connectivity index (χ1v) is 12.8. The zero-order valence-corrected chi connectivity index (χ0v) is 20.4. The number of primary amides is 1. The number of rotatable bonds is 10. The van der Waals surface area contributed by atoms with E-state index in [0.29, 0.717) is 43.1 Å². The third-order valence-corrected chi connectivity index (χ3v) is 8.98. The molecule has 11 heteroatoms. The van der Waals surface area contributed by atoms with Crippen LogP contribution in [0.3, 0.4) is 0 Å². The maximum atomic E-state index is 13.5. The van der Waals surface area contributed by atoms with Gasteiger partial charge in [0.25, 0.3) is 0 Å². The number of pyridine rings is 1. The van der Waals surface area contributed by atoms with Crippen LogP contribution in [0, 0.1) is 0 Å². The first-order chi connectivity index (χ1) is 16.5. The van der Waals surface area contributed by atoms with Crippen LogP contribution in [0.25, 0.3) is 11.3 Å². The van der Waals surface area contributed by atoms with E-state index in [4.69, 9.17) is 10.5 Å². The largest absolute Gasteiger partial charge is 0.389 e. The number of aryl methyl sites for hydroxylation is 1. The van der Waals surface area contributed by atoms with E-state index in [1.807, 2.05) is 4.90 Å². The molecule has 0 bridgehead atoms. The molecule has 1 aliphatic heterocycles. The first kappa shape index (κ1) is 27.1. The quantitative estimate of drug-likeness (QED) is 0.523. The number of methoxy groups -OCH3 is 1. The van der Waals surface area contributed by atoms with Crippen LogP contribution in [0.1, 0.15) is 31.2 Å². The van der Waals surface area contributed by atoms with Crippen molar-refractivity contribution in [1.82, 2.24) is 9.88 Å². The topological polar surface area (TPSA) is 103 Å². The predicted octanol–water partition coefficient (Wildman–Crippen LogP) is 3.37. The first-order valence-electron chi connectivity index (χ1n) is 11.4. The van der Waals surface area contributed by atoms with Crippen LogP contribution < -0.4 is 5.73 Å². The highest BCUT2D eigenvalue weighted by atomic mass is 32.2. The summed E-state index contributed by atoms with van der Waals surface area (Å²) in [6.45, 7) is 2.00. The molecule has 0 unspecified atom stereocenters. The summed E-state index contributed by atoms with van der Waals surface area (Å²) in [6.07, 6.45) is -3.03. The molecule has 1 fully saturated rings. The predicted molar refractivity (Wildman–Crippen MR) is 125 cm³/mol. The molecule has 0 aliphatic carbocycles. The molecular weight excluding hydrogens is 483 g/mol. The van der Waals surface area contributed by atoms with Crippen LogP contribution in [0.15, 0.2) is 47.5 Å². The summed E-state index contributed by atoms with van der Waals surface area (Å²) in [5, 5.41) is 0. The number of halogens is 3. The van der Waals surface area contributed by atoms with E-state index in [9.17, 15) is 26.4 Å². The Labute approximate surface area is 203 Å². The fourth-order valence-corrected chi connectivity index (χ4v) is 6.20. The van der Waals surface area contributed by atoms with Crippen molar-refractivity contribution in [3.05, 3.63) is 48.2 Å². The Bertz CT molecular complexity index is 1100. The fraction of sp³-hybridized carbons (Fsp3) is 0.500. The highest BCUT2D eigenvalue weighted by Crippen LogP contribution is 2.36. The van der Waals surface area contributed by atoms with Gasteiger partial charge in [-0.1, -0.05) is 18.2 Å². The second-order valence-electron chi connectivity index (χ2n) is 8.74. The average molecular weight is 514 g/mol. The summed E-state index contributed by atoms with van der Waals surface area (Å²) < 4.78 is 67.3. The normalized spacial score (nSPS) is 16.8. The van der Waals surface area contributed by atoms with Gasteiger partial charge in [-0.2, -0.15) is 13.2 Å². The van der Waals surface area contributed by atoms with Crippen LogP contribution in [0.5, 0.6) is 0 Å². The molecule has 192 valence electrons. The molecule has 1 aromatic carbocycles. The van der Waals surface area contributed by atoms with Crippen molar-refractivity contribution in [1.29, 1.82) is 0 Å². The summed E-state index contributed by atoms with van der Waals surface area (Å²) in [6, 6.07) is 9.47. The second-order valence-corrected chi connectivity index (χ2v) is 11.0. The molecular formula is C24H30F3N3O4S. The van der Waals surface area contributed by atoms with Gasteiger partial charge >= 0.3 is 6.18 Å². The van der Waals surface area contributed by atoms with Crippen molar-refractivity contribution in [2.45, 2.75) is 47.9 Å². The summed E-state index contributed by atoms with van der Waals surface area (Å²) in [5.74, 6) is -0.851. The number of carbonyl (C=O) groups is 1. The summed E-state index contributed by atoms with van der Waals surface area (Å²) >= 11 is 0. The van der Waals surface area contributed by atoms with Crippen molar-refractivity contribution in [2.75, 3.05) is 33.4 Å². The van der Waals surface area contributed by atoms with Crippen molar-refractivity contribution < 1.29 is 31.1 Å². The van der Waals surface area contributed by atoms with Crippen LogP contribution in [-0.4, -0.2) is 68.5 Å². The lowest BCUT2D eigenvalue weighted by molar-refractivity contribution is -0.135. The summed E-state index contributed by atoms with van der Waals surface area (Å²) in [4.78, 5) is 18.7. The van der Waals surface area contributed by atoms with Gasteiger partial charge < -0.3 is 15.4 Å². The number of sulfone groups is 1. The number of carbonyl (C=O) groups excluding carboxylic acids is 1. The fourth-order valence-electron chi connectivity index (χ4n) is 4.27. The standard InChI is InChI=1S/C24H30F3N3O4S/c1-34-16-15-30-13-11-23(12-14-30,22(28)31)35(32,33)20-7-5-19(6-8-20)21-9-4-18(17-29-21)3-2-10-24(25,26)27/h4-9,17H,2-3,10-16H2,1H3,(H2,28,31). The molecule has 0 saturated carbocycles. The minimum absolute atomic E-state index is 0.00848. The zero-order chi connectivity index (χ0) is 25.7. The van der Waals surface area contributed by atoms with Gasteiger partial charge in [0, 0.05) is 44.9 Å². The number of ether oxygens (including phenoxy) is 1. The van der Waals surface area contributed by atoms with Gasteiger partial charge in [-0.05, 0) is 49.4 Å². The monoisotopic (exact) mass is 513 g/mol. The highest BCUT2D eigenvalue weighted by Gasteiger charge is 2.51. The Hall–Kier alpha value is -2.50. The van der Waals surface area contributed by atoms with Crippen molar-refractivity contribution in [3.63, 3.8) is 0 Å². The number of nitrogens with zero attached hydrogens (tertiary/aromatic N) is 2. The maximum absolute atomic E-state index is 13.5. The number of piperidine rings is 1. The molecule has 0 atom stereocenters. The molecule has 1 aromatic heterocycles. The van der Waals surface area contributed by atoms with E-state index in [-0.39, 0.29) is 30.6 Å². The molecule has 1 saturated heterocycles. The number of alkyl halides is 3. The Kier molecular flexibility index (Phi) is 8.55. The molecule has 0 radical (unpaired) electrons.